The highest BCUT2D eigenvalue weighted by Crippen LogP contribution is 2.60. The largest absolute Gasteiger partial charge is 0.294 e. The fourth-order valence-corrected chi connectivity index (χ4v) is 3.72. The van der Waals surface area contributed by atoms with Crippen molar-refractivity contribution in [3.8, 4) is 0 Å². The van der Waals surface area contributed by atoms with Gasteiger partial charge >= 0.3 is 0 Å². The molecule has 2 aromatic carbocycles. The van der Waals surface area contributed by atoms with Crippen molar-refractivity contribution in [1.82, 2.24) is 0 Å². The van der Waals surface area contributed by atoms with Crippen molar-refractivity contribution in [2.75, 3.05) is 0 Å². The molecular weight excluding hydrogens is 232 g/mol. The fourth-order valence-electron chi connectivity index (χ4n) is 3.72. The number of carbonyl (C=O) groups excluding carboxylic acids is 1. The van der Waals surface area contributed by atoms with E-state index in [1.807, 2.05) is 30.3 Å². The summed E-state index contributed by atoms with van der Waals surface area (Å²) in [7, 11) is 0. The van der Waals surface area contributed by atoms with E-state index in [4.69, 9.17) is 0 Å². The summed E-state index contributed by atoms with van der Waals surface area (Å²) in [5.74, 6) is 1.64. The van der Waals surface area contributed by atoms with Crippen LogP contribution in [-0.4, -0.2) is 5.78 Å². The van der Waals surface area contributed by atoms with Gasteiger partial charge in [-0.15, -0.1) is 0 Å². The van der Waals surface area contributed by atoms with E-state index in [1.165, 1.54) is 17.5 Å². The van der Waals surface area contributed by atoms with Crippen molar-refractivity contribution < 1.29 is 4.79 Å². The Balaban J connectivity index is 1.66. The van der Waals surface area contributed by atoms with E-state index in [1.54, 1.807) is 0 Å². The van der Waals surface area contributed by atoms with Crippen molar-refractivity contribution in [3.05, 3.63) is 71.3 Å². The molecule has 19 heavy (non-hydrogen) atoms. The third kappa shape index (κ3) is 1.65. The molecule has 0 amide bonds. The van der Waals surface area contributed by atoms with E-state index >= 15 is 0 Å². The van der Waals surface area contributed by atoms with E-state index in [0.29, 0.717) is 17.6 Å². The van der Waals surface area contributed by atoms with Crippen LogP contribution in [0.15, 0.2) is 54.6 Å². The standard InChI is InChI=1S/C18H16O/c19-18(13-7-2-1-3-8-13)17-15-11-10-12-6-4-5-9-14(12)16(15)17/h1-9,15-17H,10-11H2/t15-,16+,17+/m0/s1. The molecule has 0 saturated heterocycles. The van der Waals surface area contributed by atoms with Crippen LogP contribution in [0.25, 0.3) is 0 Å². The summed E-state index contributed by atoms with van der Waals surface area (Å²) in [6.45, 7) is 0. The van der Waals surface area contributed by atoms with E-state index < -0.39 is 0 Å². The molecule has 0 heterocycles. The van der Waals surface area contributed by atoms with Gasteiger partial charge in [0.05, 0.1) is 0 Å². The molecule has 1 saturated carbocycles. The average Bonchev–Trinajstić information content (AvgIpc) is 3.22. The summed E-state index contributed by atoms with van der Waals surface area (Å²) in [5, 5.41) is 0. The smallest absolute Gasteiger partial charge is 0.166 e. The van der Waals surface area contributed by atoms with Gasteiger partial charge in [0.15, 0.2) is 5.78 Å². The molecule has 0 aromatic heterocycles. The highest BCUT2D eigenvalue weighted by molar-refractivity contribution is 6.00. The molecule has 94 valence electrons. The second kappa shape index (κ2) is 4.06. The van der Waals surface area contributed by atoms with Crippen LogP contribution in [0.4, 0.5) is 0 Å². The van der Waals surface area contributed by atoms with Crippen molar-refractivity contribution >= 4 is 5.78 Å². The summed E-state index contributed by atoms with van der Waals surface area (Å²) < 4.78 is 0. The number of benzene rings is 2. The summed E-state index contributed by atoms with van der Waals surface area (Å²) in [5.41, 5.74) is 3.75. The van der Waals surface area contributed by atoms with Gasteiger partial charge in [-0.1, -0.05) is 54.6 Å². The number of hydrogen-bond donors (Lipinski definition) is 0. The topological polar surface area (TPSA) is 17.1 Å². The van der Waals surface area contributed by atoms with Gasteiger partial charge in [0.1, 0.15) is 0 Å². The minimum absolute atomic E-state index is 0.228. The Hall–Kier alpha value is -1.89. The van der Waals surface area contributed by atoms with E-state index in [9.17, 15) is 4.79 Å². The maximum absolute atomic E-state index is 12.6. The predicted molar refractivity (Wildman–Crippen MR) is 75.3 cm³/mol. The second-order valence-electron chi connectivity index (χ2n) is 5.68. The Labute approximate surface area is 113 Å². The van der Waals surface area contributed by atoms with Gasteiger partial charge in [0, 0.05) is 11.5 Å². The van der Waals surface area contributed by atoms with Gasteiger partial charge in [-0.05, 0) is 35.8 Å². The molecule has 2 aromatic rings. The Morgan fingerprint density at radius 2 is 1.68 bits per heavy atom. The molecule has 2 aliphatic rings. The molecule has 0 bridgehead atoms. The Bertz CT molecular complexity index is 629. The van der Waals surface area contributed by atoms with Crippen LogP contribution in [0.5, 0.6) is 0 Å². The van der Waals surface area contributed by atoms with Crippen LogP contribution in [0, 0.1) is 11.8 Å². The number of aryl methyl sites for hydroxylation is 1. The van der Waals surface area contributed by atoms with Gasteiger partial charge in [-0.25, -0.2) is 0 Å². The highest BCUT2D eigenvalue weighted by atomic mass is 16.1. The van der Waals surface area contributed by atoms with Crippen LogP contribution < -0.4 is 0 Å². The van der Waals surface area contributed by atoms with E-state index in [-0.39, 0.29) is 5.92 Å². The first kappa shape index (κ1) is 11.0. The Kier molecular flexibility index (Phi) is 2.34. The third-order valence-electron chi connectivity index (χ3n) is 4.69. The number of fused-ring (bicyclic) bond motifs is 3. The normalized spacial score (nSPS) is 27.3. The molecule has 1 nitrogen and oxygen atoms in total. The van der Waals surface area contributed by atoms with Crippen LogP contribution in [0.2, 0.25) is 0 Å². The molecule has 3 atom stereocenters. The van der Waals surface area contributed by atoms with Crippen LogP contribution in [0.3, 0.4) is 0 Å². The molecule has 0 N–H and O–H groups in total. The summed E-state index contributed by atoms with van der Waals surface area (Å²) >= 11 is 0. The minimum Gasteiger partial charge on any atom is -0.294 e. The molecule has 2 aliphatic carbocycles. The van der Waals surface area contributed by atoms with Gasteiger partial charge in [0.2, 0.25) is 0 Å². The van der Waals surface area contributed by atoms with Gasteiger partial charge in [-0.2, -0.15) is 0 Å². The van der Waals surface area contributed by atoms with Crippen LogP contribution >= 0.6 is 0 Å². The number of ketones is 1. The highest BCUT2D eigenvalue weighted by Gasteiger charge is 2.56. The summed E-state index contributed by atoms with van der Waals surface area (Å²) in [6.07, 6.45) is 2.31. The van der Waals surface area contributed by atoms with Crippen molar-refractivity contribution in [2.45, 2.75) is 18.8 Å². The van der Waals surface area contributed by atoms with Crippen LogP contribution in [-0.2, 0) is 6.42 Å². The molecular formula is C18H16O. The van der Waals surface area contributed by atoms with Gasteiger partial charge in [-0.3, -0.25) is 4.79 Å². The summed E-state index contributed by atoms with van der Waals surface area (Å²) in [4.78, 5) is 12.6. The zero-order valence-electron chi connectivity index (χ0n) is 10.8. The van der Waals surface area contributed by atoms with E-state index in [2.05, 4.69) is 24.3 Å². The van der Waals surface area contributed by atoms with Crippen molar-refractivity contribution in [2.24, 2.45) is 11.8 Å². The molecule has 0 radical (unpaired) electrons. The number of carbonyl (C=O) groups is 1. The minimum atomic E-state index is 0.228. The molecule has 0 spiro atoms. The lowest BCUT2D eigenvalue weighted by atomic mass is 9.92. The molecule has 0 unspecified atom stereocenters. The van der Waals surface area contributed by atoms with Crippen molar-refractivity contribution in [3.63, 3.8) is 0 Å². The number of hydrogen-bond acceptors (Lipinski definition) is 1. The molecule has 0 aliphatic heterocycles. The maximum Gasteiger partial charge on any atom is 0.166 e. The lowest BCUT2D eigenvalue weighted by Crippen LogP contribution is -2.03. The van der Waals surface area contributed by atoms with Crippen molar-refractivity contribution in [1.29, 1.82) is 0 Å². The first-order chi connectivity index (χ1) is 9.36. The zero-order chi connectivity index (χ0) is 12.8. The van der Waals surface area contributed by atoms with Gasteiger partial charge in [0.25, 0.3) is 0 Å². The maximum atomic E-state index is 12.6. The fraction of sp³-hybridized carbons (Fsp3) is 0.278. The summed E-state index contributed by atoms with van der Waals surface area (Å²) in [6, 6.07) is 18.4. The monoisotopic (exact) mass is 248 g/mol. The van der Waals surface area contributed by atoms with Crippen LogP contribution in [0.1, 0.15) is 33.8 Å². The van der Waals surface area contributed by atoms with Gasteiger partial charge < -0.3 is 0 Å². The SMILES string of the molecule is O=C(c1ccccc1)[C@@H]1[C@H]2CCc3ccccc3[C@H]21. The third-order valence-corrected chi connectivity index (χ3v) is 4.69. The lowest BCUT2D eigenvalue weighted by molar-refractivity contribution is 0.0959. The lowest BCUT2D eigenvalue weighted by Gasteiger charge is -2.13. The molecule has 1 heteroatoms. The predicted octanol–water partition coefficient (Wildman–Crippen LogP) is 3.85. The quantitative estimate of drug-likeness (QED) is 0.738. The first-order valence-electron chi connectivity index (χ1n) is 7.03. The Morgan fingerprint density at radius 1 is 0.947 bits per heavy atom. The molecule has 4 rings (SSSR count). The number of rotatable bonds is 2. The average molecular weight is 248 g/mol. The Morgan fingerprint density at radius 3 is 2.53 bits per heavy atom. The number of Topliss-reactive ketones (excluding diaryl/α,β-unsaturated/α-hetero) is 1. The second-order valence-corrected chi connectivity index (χ2v) is 5.68. The molecule has 1 fully saturated rings. The zero-order valence-corrected chi connectivity index (χ0v) is 10.8. The van der Waals surface area contributed by atoms with E-state index in [0.717, 1.165) is 12.0 Å². The first-order valence-corrected chi connectivity index (χ1v) is 7.03.